The summed E-state index contributed by atoms with van der Waals surface area (Å²) in [4.78, 5) is 25.8. The number of carboxylic acids is 1. The van der Waals surface area contributed by atoms with E-state index in [1.54, 1.807) is 4.90 Å². The smallest absolute Gasteiger partial charge is 0.317 e. The van der Waals surface area contributed by atoms with Gasteiger partial charge in [-0.2, -0.15) is 0 Å². The van der Waals surface area contributed by atoms with Crippen molar-refractivity contribution >= 4 is 12.0 Å². The zero-order valence-electron chi connectivity index (χ0n) is 13.8. The number of carboxylic acid groups (broad SMARTS) is 1. The number of amides is 2. The van der Waals surface area contributed by atoms with E-state index in [2.05, 4.69) is 29.6 Å². The van der Waals surface area contributed by atoms with Gasteiger partial charge in [0.2, 0.25) is 0 Å². The third kappa shape index (κ3) is 2.56. The molecule has 1 aromatic carbocycles. The minimum atomic E-state index is -0.730. The van der Waals surface area contributed by atoms with Crippen molar-refractivity contribution in [1.29, 1.82) is 0 Å². The summed E-state index contributed by atoms with van der Waals surface area (Å²) in [5.41, 5.74) is 0.654. The SMILES string of the molecule is O=C(NC[C@@H]1C[C@H]1c1ccccc1)N1C[C@@H]2CCC[C@@]2(C(=O)O)C1. The molecule has 5 heteroatoms. The first kappa shape index (κ1) is 15.5. The van der Waals surface area contributed by atoms with Crippen LogP contribution in [0.25, 0.3) is 0 Å². The van der Waals surface area contributed by atoms with Gasteiger partial charge in [0.05, 0.1) is 5.41 Å². The molecule has 2 aliphatic carbocycles. The van der Waals surface area contributed by atoms with Crippen LogP contribution in [0.3, 0.4) is 0 Å². The lowest BCUT2D eigenvalue weighted by molar-refractivity contribution is -0.149. The maximum absolute atomic E-state index is 12.4. The van der Waals surface area contributed by atoms with Gasteiger partial charge in [-0.15, -0.1) is 0 Å². The van der Waals surface area contributed by atoms with Gasteiger partial charge >= 0.3 is 12.0 Å². The lowest BCUT2D eigenvalue weighted by atomic mass is 9.81. The predicted molar refractivity (Wildman–Crippen MR) is 89.7 cm³/mol. The summed E-state index contributed by atoms with van der Waals surface area (Å²) in [5.74, 6) is 0.451. The summed E-state index contributed by atoms with van der Waals surface area (Å²) >= 11 is 0. The van der Waals surface area contributed by atoms with Crippen LogP contribution in [0.5, 0.6) is 0 Å². The number of rotatable bonds is 4. The van der Waals surface area contributed by atoms with Crippen LogP contribution in [-0.2, 0) is 4.79 Å². The molecule has 2 N–H and O–H groups in total. The van der Waals surface area contributed by atoms with E-state index in [1.807, 2.05) is 6.07 Å². The summed E-state index contributed by atoms with van der Waals surface area (Å²) in [6, 6.07) is 10.3. The zero-order valence-corrected chi connectivity index (χ0v) is 13.8. The monoisotopic (exact) mass is 328 g/mol. The molecule has 128 valence electrons. The number of nitrogens with zero attached hydrogens (tertiary/aromatic N) is 1. The molecule has 24 heavy (non-hydrogen) atoms. The molecule has 0 bridgehead atoms. The van der Waals surface area contributed by atoms with E-state index in [0.717, 1.165) is 19.3 Å². The molecule has 1 aromatic rings. The van der Waals surface area contributed by atoms with E-state index in [4.69, 9.17) is 0 Å². The van der Waals surface area contributed by atoms with Crippen molar-refractivity contribution in [2.24, 2.45) is 17.3 Å². The first-order chi connectivity index (χ1) is 11.6. The second-order valence-electron chi connectivity index (χ2n) is 7.63. The molecule has 0 unspecified atom stereocenters. The Hall–Kier alpha value is -2.04. The molecular weight excluding hydrogens is 304 g/mol. The normalized spacial score (nSPS) is 34.0. The molecule has 4 rings (SSSR count). The highest BCUT2D eigenvalue weighted by molar-refractivity contribution is 5.80. The molecule has 3 fully saturated rings. The van der Waals surface area contributed by atoms with Crippen LogP contribution in [-0.4, -0.2) is 41.6 Å². The van der Waals surface area contributed by atoms with E-state index < -0.39 is 11.4 Å². The van der Waals surface area contributed by atoms with Crippen LogP contribution in [0.1, 0.15) is 37.2 Å². The molecule has 3 aliphatic rings. The highest BCUT2D eigenvalue weighted by Crippen LogP contribution is 2.49. The second kappa shape index (κ2) is 5.80. The number of fused-ring (bicyclic) bond motifs is 1. The molecule has 0 radical (unpaired) electrons. The summed E-state index contributed by atoms with van der Waals surface area (Å²) in [6.45, 7) is 1.64. The molecule has 0 spiro atoms. The number of aliphatic carboxylic acids is 1. The van der Waals surface area contributed by atoms with Crippen molar-refractivity contribution < 1.29 is 14.7 Å². The first-order valence-electron chi connectivity index (χ1n) is 8.91. The third-order valence-electron chi connectivity index (χ3n) is 6.25. The summed E-state index contributed by atoms with van der Waals surface area (Å²) < 4.78 is 0. The lowest BCUT2D eigenvalue weighted by Gasteiger charge is -2.23. The van der Waals surface area contributed by atoms with Crippen LogP contribution in [0.15, 0.2) is 30.3 Å². The number of urea groups is 1. The molecule has 2 amide bonds. The van der Waals surface area contributed by atoms with Crippen LogP contribution in [0.4, 0.5) is 4.79 Å². The molecule has 1 aliphatic heterocycles. The van der Waals surface area contributed by atoms with Crippen LogP contribution < -0.4 is 5.32 Å². The Balaban J connectivity index is 1.30. The number of hydrogen-bond donors (Lipinski definition) is 2. The maximum atomic E-state index is 12.4. The van der Waals surface area contributed by atoms with Gasteiger partial charge in [-0.25, -0.2) is 4.79 Å². The van der Waals surface area contributed by atoms with Gasteiger partial charge in [0, 0.05) is 19.6 Å². The number of hydrogen-bond acceptors (Lipinski definition) is 2. The largest absolute Gasteiger partial charge is 0.481 e. The number of carbonyl (C=O) groups is 2. The predicted octanol–water partition coefficient (Wildman–Crippen LogP) is 2.69. The van der Waals surface area contributed by atoms with Gasteiger partial charge in [-0.1, -0.05) is 36.8 Å². The highest BCUT2D eigenvalue weighted by Gasteiger charge is 2.55. The molecular formula is C19H24N2O3. The number of likely N-dealkylation sites (tertiary alicyclic amines) is 1. The minimum Gasteiger partial charge on any atom is -0.481 e. The summed E-state index contributed by atoms with van der Waals surface area (Å²) in [7, 11) is 0. The quantitative estimate of drug-likeness (QED) is 0.893. The van der Waals surface area contributed by atoms with Gasteiger partial charge < -0.3 is 15.3 Å². The van der Waals surface area contributed by atoms with Crippen molar-refractivity contribution in [3.63, 3.8) is 0 Å². The van der Waals surface area contributed by atoms with E-state index in [-0.39, 0.29) is 11.9 Å². The number of benzene rings is 1. The van der Waals surface area contributed by atoms with E-state index in [0.29, 0.717) is 37.9 Å². The van der Waals surface area contributed by atoms with Crippen LogP contribution >= 0.6 is 0 Å². The third-order valence-corrected chi connectivity index (χ3v) is 6.25. The molecule has 0 aromatic heterocycles. The van der Waals surface area contributed by atoms with Crippen molar-refractivity contribution in [3.05, 3.63) is 35.9 Å². The fourth-order valence-electron chi connectivity index (χ4n) is 4.71. The van der Waals surface area contributed by atoms with E-state index in [9.17, 15) is 14.7 Å². The lowest BCUT2D eigenvalue weighted by Crippen LogP contribution is -2.42. The maximum Gasteiger partial charge on any atom is 0.317 e. The van der Waals surface area contributed by atoms with Crippen molar-refractivity contribution in [2.45, 2.75) is 31.6 Å². The van der Waals surface area contributed by atoms with Gasteiger partial charge in [0.15, 0.2) is 0 Å². The minimum absolute atomic E-state index is 0.0938. The van der Waals surface area contributed by atoms with Crippen molar-refractivity contribution in [2.75, 3.05) is 19.6 Å². The van der Waals surface area contributed by atoms with E-state index in [1.165, 1.54) is 5.56 Å². The Morgan fingerprint density at radius 1 is 1.29 bits per heavy atom. The molecule has 5 nitrogen and oxygen atoms in total. The molecule has 2 saturated carbocycles. The van der Waals surface area contributed by atoms with Crippen LogP contribution in [0.2, 0.25) is 0 Å². The zero-order chi connectivity index (χ0) is 16.7. The fourth-order valence-corrected chi connectivity index (χ4v) is 4.71. The van der Waals surface area contributed by atoms with Gasteiger partial charge in [-0.3, -0.25) is 4.79 Å². The first-order valence-corrected chi connectivity index (χ1v) is 8.91. The second-order valence-corrected chi connectivity index (χ2v) is 7.63. The summed E-state index contributed by atoms with van der Waals surface area (Å²) in [6.07, 6.45) is 3.71. The Labute approximate surface area is 142 Å². The standard InChI is InChI=1S/C19H24N2O3/c22-17(23)19-8-4-7-15(19)11-21(12-19)18(24)20-10-14-9-16(14)13-5-2-1-3-6-13/h1-3,5-6,14-16H,4,7-12H2,(H,20,24)(H,22,23)/t14-,15-,16-,19+/m0/s1. The van der Waals surface area contributed by atoms with Crippen molar-refractivity contribution in [1.82, 2.24) is 10.2 Å². The van der Waals surface area contributed by atoms with E-state index >= 15 is 0 Å². The number of nitrogens with one attached hydrogen (secondary N) is 1. The molecule has 1 heterocycles. The highest BCUT2D eigenvalue weighted by atomic mass is 16.4. The molecule has 1 saturated heterocycles. The Morgan fingerprint density at radius 3 is 2.79 bits per heavy atom. The van der Waals surface area contributed by atoms with Crippen LogP contribution in [0, 0.1) is 17.3 Å². The average molecular weight is 328 g/mol. The topological polar surface area (TPSA) is 69.6 Å². The Bertz CT molecular complexity index is 647. The summed E-state index contributed by atoms with van der Waals surface area (Å²) in [5, 5.41) is 12.6. The van der Waals surface area contributed by atoms with Gasteiger partial charge in [-0.05, 0) is 42.6 Å². The Morgan fingerprint density at radius 2 is 2.08 bits per heavy atom. The number of carbonyl (C=O) groups excluding carboxylic acids is 1. The van der Waals surface area contributed by atoms with Crippen molar-refractivity contribution in [3.8, 4) is 0 Å². The fraction of sp³-hybridized carbons (Fsp3) is 0.579. The average Bonchev–Trinajstić information content (AvgIpc) is 3.08. The molecule has 4 atom stereocenters. The van der Waals surface area contributed by atoms with Gasteiger partial charge in [0.25, 0.3) is 0 Å². The Kier molecular flexibility index (Phi) is 3.74. The van der Waals surface area contributed by atoms with Gasteiger partial charge in [0.1, 0.15) is 0 Å².